The van der Waals surface area contributed by atoms with Crippen LogP contribution in [0.2, 0.25) is 0 Å². The maximum atomic E-state index is 11.1. The standard InChI is InChI=1S/C15H17N3O2/c1-11-5-2-3-6-12(11)9-18-15(13(10-19)16-17-18)14-7-4-8-20-14/h2-3,5-6,10,14H,4,7-9H2,1H3. The Labute approximate surface area is 117 Å². The van der Waals surface area contributed by atoms with Crippen LogP contribution in [-0.4, -0.2) is 27.9 Å². The van der Waals surface area contributed by atoms with E-state index in [1.54, 1.807) is 4.68 Å². The molecule has 0 radical (unpaired) electrons. The number of carbonyl (C=O) groups excluding carboxylic acids is 1. The van der Waals surface area contributed by atoms with E-state index in [-0.39, 0.29) is 6.10 Å². The van der Waals surface area contributed by atoms with Crippen molar-refractivity contribution in [2.45, 2.75) is 32.4 Å². The van der Waals surface area contributed by atoms with E-state index in [2.05, 4.69) is 29.4 Å². The summed E-state index contributed by atoms with van der Waals surface area (Å²) in [5, 5.41) is 8.09. The van der Waals surface area contributed by atoms with E-state index < -0.39 is 0 Å². The molecule has 2 aromatic rings. The predicted octanol–water partition coefficient (Wildman–Crippen LogP) is 2.30. The molecule has 1 aromatic heterocycles. The lowest BCUT2D eigenvalue weighted by Crippen LogP contribution is -2.12. The topological polar surface area (TPSA) is 57.0 Å². The predicted molar refractivity (Wildman–Crippen MR) is 73.6 cm³/mol. The molecule has 0 bridgehead atoms. The van der Waals surface area contributed by atoms with Crippen molar-refractivity contribution >= 4 is 6.29 Å². The van der Waals surface area contributed by atoms with E-state index in [1.165, 1.54) is 11.1 Å². The molecular weight excluding hydrogens is 254 g/mol. The summed E-state index contributed by atoms with van der Waals surface area (Å²) in [4.78, 5) is 11.1. The molecule has 0 aliphatic carbocycles. The molecule has 1 atom stereocenters. The van der Waals surface area contributed by atoms with Crippen molar-refractivity contribution in [3.05, 3.63) is 46.8 Å². The molecule has 1 unspecified atom stereocenters. The maximum Gasteiger partial charge on any atom is 0.172 e. The van der Waals surface area contributed by atoms with Gasteiger partial charge in [0.25, 0.3) is 0 Å². The molecule has 0 N–H and O–H groups in total. The van der Waals surface area contributed by atoms with Crippen LogP contribution < -0.4 is 0 Å². The summed E-state index contributed by atoms with van der Waals surface area (Å²) < 4.78 is 7.48. The Morgan fingerprint density at radius 3 is 3.00 bits per heavy atom. The Bertz CT molecular complexity index is 615. The van der Waals surface area contributed by atoms with Crippen LogP contribution in [0.1, 0.15) is 46.3 Å². The number of nitrogens with zero attached hydrogens (tertiary/aromatic N) is 3. The molecule has 104 valence electrons. The van der Waals surface area contributed by atoms with Gasteiger partial charge in [-0.05, 0) is 30.9 Å². The van der Waals surface area contributed by atoms with Gasteiger partial charge in [0.1, 0.15) is 6.10 Å². The van der Waals surface area contributed by atoms with Crippen molar-refractivity contribution in [3.63, 3.8) is 0 Å². The van der Waals surface area contributed by atoms with Gasteiger partial charge in [-0.15, -0.1) is 5.10 Å². The molecule has 1 fully saturated rings. The highest BCUT2D eigenvalue weighted by atomic mass is 16.5. The number of aromatic nitrogens is 3. The summed E-state index contributed by atoms with van der Waals surface area (Å²) >= 11 is 0. The number of benzene rings is 1. The molecule has 20 heavy (non-hydrogen) atoms. The number of ether oxygens (including phenoxy) is 1. The van der Waals surface area contributed by atoms with Gasteiger partial charge in [-0.3, -0.25) is 4.79 Å². The largest absolute Gasteiger partial charge is 0.372 e. The van der Waals surface area contributed by atoms with Gasteiger partial charge >= 0.3 is 0 Å². The third kappa shape index (κ3) is 2.36. The minimum absolute atomic E-state index is 0.0609. The van der Waals surface area contributed by atoms with Crippen molar-refractivity contribution in [1.82, 2.24) is 15.0 Å². The molecule has 0 amide bonds. The lowest BCUT2D eigenvalue weighted by atomic mass is 10.1. The molecule has 5 nitrogen and oxygen atoms in total. The Morgan fingerprint density at radius 2 is 2.30 bits per heavy atom. The van der Waals surface area contributed by atoms with Crippen molar-refractivity contribution < 1.29 is 9.53 Å². The first kappa shape index (κ1) is 13.0. The van der Waals surface area contributed by atoms with E-state index in [9.17, 15) is 4.79 Å². The van der Waals surface area contributed by atoms with Crippen LogP contribution in [0.3, 0.4) is 0 Å². The van der Waals surface area contributed by atoms with E-state index in [1.807, 2.05) is 12.1 Å². The Hall–Kier alpha value is -2.01. The average Bonchev–Trinajstić information content (AvgIpc) is 3.09. The first-order valence-electron chi connectivity index (χ1n) is 6.84. The first-order valence-corrected chi connectivity index (χ1v) is 6.84. The monoisotopic (exact) mass is 271 g/mol. The highest BCUT2D eigenvalue weighted by Crippen LogP contribution is 2.30. The molecule has 5 heteroatoms. The summed E-state index contributed by atoms with van der Waals surface area (Å²) in [7, 11) is 0. The zero-order valence-corrected chi connectivity index (χ0v) is 11.5. The second-order valence-electron chi connectivity index (χ2n) is 5.06. The van der Waals surface area contributed by atoms with Crippen LogP contribution in [0, 0.1) is 6.92 Å². The fraction of sp³-hybridized carbons (Fsp3) is 0.400. The van der Waals surface area contributed by atoms with E-state index in [4.69, 9.17) is 4.74 Å². The van der Waals surface area contributed by atoms with Crippen LogP contribution in [-0.2, 0) is 11.3 Å². The maximum absolute atomic E-state index is 11.1. The van der Waals surface area contributed by atoms with Gasteiger partial charge in [-0.25, -0.2) is 4.68 Å². The Kier molecular flexibility index (Phi) is 3.60. The summed E-state index contributed by atoms with van der Waals surface area (Å²) in [6, 6.07) is 8.15. The first-order chi connectivity index (χ1) is 9.79. The summed E-state index contributed by atoms with van der Waals surface area (Å²) in [6.45, 7) is 3.42. The van der Waals surface area contributed by atoms with Crippen LogP contribution in [0.15, 0.2) is 24.3 Å². The number of hydrogen-bond acceptors (Lipinski definition) is 4. The van der Waals surface area contributed by atoms with Crippen molar-refractivity contribution in [2.75, 3.05) is 6.61 Å². The second kappa shape index (κ2) is 5.54. The Balaban J connectivity index is 1.95. The normalized spacial score (nSPS) is 18.4. The summed E-state index contributed by atoms with van der Waals surface area (Å²) in [6.07, 6.45) is 2.63. The summed E-state index contributed by atoms with van der Waals surface area (Å²) in [5.41, 5.74) is 3.58. The molecular formula is C15H17N3O2. The molecule has 0 spiro atoms. The summed E-state index contributed by atoms with van der Waals surface area (Å²) in [5.74, 6) is 0. The lowest BCUT2D eigenvalue weighted by Gasteiger charge is -2.13. The lowest BCUT2D eigenvalue weighted by molar-refractivity contribution is 0.101. The fourth-order valence-corrected chi connectivity index (χ4v) is 2.61. The highest BCUT2D eigenvalue weighted by Gasteiger charge is 2.26. The number of aldehydes is 1. The van der Waals surface area contributed by atoms with Gasteiger partial charge in [0.05, 0.1) is 12.2 Å². The van der Waals surface area contributed by atoms with Gasteiger partial charge in [-0.1, -0.05) is 29.5 Å². The van der Waals surface area contributed by atoms with Gasteiger partial charge in [-0.2, -0.15) is 0 Å². The second-order valence-corrected chi connectivity index (χ2v) is 5.06. The molecule has 0 saturated carbocycles. The van der Waals surface area contributed by atoms with Gasteiger partial charge in [0, 0.05) is 6.61 Å². The van der Waals surface area contributed by atoms with Crippen LogP contribution in [0.25, 0.3) is 0 Å². The Morgan fingerprint density at radius 1 is 1.45 bits per heavy atom. The van der Waals surface area contributed by atoms with Crippen LogP contribution in [0.4, 0.5) is 0 Å². The molecule has 1 saturated heterocycles. The molecule has 1 aliphatic heterocycles. The third-order valence-corrected chi connectivity index (χ3v) is 3.73. The van der Waals surface area contributed by atoms with E-state index >= 15 is 0 Å². The van der Waals surface area contributed by atoms with Crippen LogP contribution in [0.5, 0.6) is 0 Å². The number of hydrogen-bond donors (Lipinski definition) is 0. The highest BCUT2D eigenvalue weighted by molar-refractivity contribution is 5.73. The third-order valence-electron chi connectivity index (χ3n) is 3.73. The van der Waals surface area contributed by atoms with Gasteiger partial charge in [0.15, 0.2) is 12.0 Å². The van der Waals surface area contributed by atoms with Crippen LogP contribution >= 0.6 is 0 Å². The smallest absolute Gasteiger partial charge is 0.172 e. The quantitative estimate of drug-likeness (QED) is 0.801. The molecule has 1 aromatic carbocycles. The minimum Gasteiger partial charge on any atom is -0.372 e. The van der Waals surface area contributed by atoms with Gasteiger partial charge in [0.2, 0.25) is 0 Å². The van der Waals surface area contributed by atoms with Crippen molar-refractivity contribution in [3.8, 4) is 0 Å². The minimum atomic E-state index is -0.0609. The van der Waals surface area contributed by atoms with Crippen molar-refractivity contribution in [1.29, 1.82) is 0 Å². The zero-order chi connectivity index (χ0) is 13.9. The molecule has 2 heterocycles. The number of rotatable bonds is 4. The van der Waals surface area contributed by atoms with Gasteiger partial charge < -0.3 is 4.74 Å². The van der Waals surface area contributed by atoms with E-state index in [0.29, 0.717) is 12.2 Å². The zero-order valence-electron chi connectivity index (χ0n) is 11.5. The molecule has 1 aliphatic rings. The fourth-order valence-electron chi connectivity index (χ4n) is 2.61. The van der Waals surface area contributed by atoms with E-state index in [0.717, 1.165) is 31.4 Å². The number of carbonyl (C=O) groups is 1. The number of aryl methyl sites for hydroxylation is 1. The average molecular weight is 271 g/mol. The SMILES string of the molecule is Cc1ccccc1Cn1nnc(C=O)c1C1CCCO1. The van der Waals surface area contributed by atoms with Crippen molar-refractivity contribution in [2.24, 2.45) is 0 Å². The molecule has 3 rings (SSSR count).